The zero-order valence-electron chi connectivity index (χ0n) is 16.3. The van der Waals surface area contributed by atoms with Crippen molar-refractivity contribution in [1.29, 1.82) is 0 Å². The standard InChI is InChI=1S/C20H21BFN3O4S/c1-12(19-17-7-8-23-20(17)24-11-18(19)29-21(2)26)13-9-15(10-13)25-30(27,28)16-5-3-14(22)4-6-16/h3-8,11,13,15,25-26H,1,9-10H2,2H3,(H,23,24)/t13-,15-. The van der Waals surface area contributed by atoms with Gasteiger partial charge in [-0.3, -0.25) is 0 Å². The number of benzene rings is 1. The maximum absolute atomic E-state index is 13.1. The third-order valence-corrected chi connectivity index (χ3v) is 6.78. The van der Waals surface area contributed by atoms with E-state index in [1.165, 1.54) is 19.0 Å². The summed E-state index contributed by atoms with van der Waals surface area (Å²) in [5.74, 6) is -0.0159. The number of hydrogen-bond acceptors (Lipinski definition) is 5. The van der Waals surface area contributed by atoms with Gasteiger partial charge < -0.3 is 14.7 Å². The average molecular weight is 429 g/mol. The molecule has 0 aliphatic heterocycles. The molecule has 3 aromatic rings. The molecule has 0 radical (unpaired) electrons. The highest BCUT2D eigenvalue weighted by atomic mass is 32.2. The molecule has 1 fully saturated rings. The molecule has 0 unspecified atom stereocenters. The molecule has 1 aliphatic carbocycles. The second kappa shape index (κ2) is 7.86. The van der Waals surface area contributed by atoms with Crippen LogP contribution in [0.3, 0.4) is 0 Å². The lowest BCUT2D eigenvalue weighted by atomic mass is 9.74. The zero-order chi connectivity index (χ0) is 21.5. The lowest BCUT2D eigenvalue weighted by Gasteiger charge is -2.37. The van der Waals surface area contributed by atoms with Crippen LogP contribution in [0.5, 0.6) is 5.75 Å². The Balaban J connectivity index is 1.49. The molecular formula is C20H21BFN3O4S. The lowest BCUT2D eigenvalue weighted by Crippen LogP contribution is -2.44. The Hall–Kier alpha value is -2.69. The van der Waals surface area contributed by atoms with E-state index in [9.17, 15) is 17.8 Å². The number of sulfonamides is 1. The molecular weight excluding hydrogens is 408 g/mol. The number of nitrogens with one attached hydrogen (secondary N) is 2. The fraction of sp³-hybridized carbons (Fsp3) is 0.250. The molecule has 7 nitrogen and oxygen atoms in total. The molecule has 1 aromatic carbocycles. The van der Waals surface area contributed by atoms with E-state index in [2.05, 4.69) is 21.3 Å². The number of aromatic nitrogens is 2. The summed E-state index contributed by atoms with van der Waals surface area (Å²) in [7, 11) is -4.73. The molecule has 0 atom stereocenters. The summed E-state index contributed by atoms with van der Waals surface area (Å²) in [6.45, 7) is 5.73. The Labute approximate surface area is 174 Å². The minimum absolute atomic E-state index is 0.0296. The van der Waals surface area contributed by atoms with Crippen molar-refractivity contribution in [3.8, 4) is 5.75 Å². The zero-order valence-corrected chi connectivity index (χ0v) is 17.1. The third kappa shape index (κ3) is 3.98. The van der Waals surface area contributed by atoms with Gasteiger partial charge in [-0.25, -0.2) is 22.5 Å². The van der Waals surface area contributed by atoms with Gasteiger partial charge in [-0.15, -0.1) is 0 Å². The number of halogens is 1. The number of rotatable bonds is 7. The van der Waals surface area contributed by atoms with Gasteiger partial charge in [0.05, 0.1) is 11.1 Å². The first kappa shape index (κ1) is 20.6. The highest BCUT2D eigenvalue weighted by molar-refractivity contribution is 7.89. The Morgan fingerprint density at radius 2 is 2.03 bits per heavy atom. The summed E-state index contributed by atoms with van der Waals surface area (Å²) in [5.41, 5.74) is 2.24. The van der Waals surface area contributed by atoms with Crippen LogP contribution in [0.1, 0.15) is 18.4 Å². The van der Waals surface area contributed by atoms with Gasteiger partial charge in [-0.2, -0.15) is 0 Å². The van der Waals surface area contributed by atoms with Crippen LogP contribution in [0, 0.1) is 11.7 Å². The fourth-order valence-corrected chi connectivity index (χ4v) is 4.96. The van der Waals surface area contributed by atoms with Crippen LogP contribution in [-0.2, 0) is 10.0 Å². The molecule has 0 spiro atoms. The molecule has 1 aliphatic rings. The molecule has 2 heterocycles. The normalized spacial score (nSPS) is 18.8. The van der Waals surface area contributed by atoms with Gasteiger partial charge in [0.1, 0.15) is 17.2 Å². The summed E-state index contributed by atoms with van der Waals surface area (Å²) in [4.78, 5) is 7.37. The van der Waals surface area contributed by atoms with Gasteiger partial charge in [0.25, 0.3) is 0 Å². The molecule has 2 aromatic heterocycles. The number of aromatic amines is 1. The van der Waals surface area contributed by atoms with Crippen LogP contribution in [0.2, 0.25) is 6.82 Å². The van der Waals surface area contributed by atoms with E-state index in [1.54, 1.807) is 12.4 Å². The maximum Gasteiger partial charge on any atom is 0.519 e. The van der Waals surface area contributed by atoms with E-state index in [-0.39, 0.29) is 16.9 Å². The quantitative estimate of drug-likeness (QED) is 0.501. The number of fused-ring (bicyclic) bond motifs is 1. The van der Waals surface area contributed by atoms with Crippen molar-refractivity contribution in [2.45, 2.75) is 30.6 Å². The van der Waals surface area contributed by atoms with Crippen molar-refractivity contribution >= 4 is 33.7 Å². The molecule has 156 valence electrons. The van der Waals surface area contributed by atoms with Crippen LogP contribution >= 0.6 is 0 Å². The van der Waals surface area contributed by atoms with E-state index < -0.39 is 23.0 Å². The van der Waals surface area contributed by atoms with Crippen LogP contribution < -0.4 is 9.38 Å². The van der Waals surface area contributed by atoms with Gasteiger partial charge in [-0.1, -0.05) is 6.58 Å². The summed E-state index contributed by atoms with van der Waals surface area (Å²) >= 11 is 0. The predicted octanol–water partition coefficient (Wildman–Crippen LogP) is 2.96. The summed E-state index contributed by atoms with van der Waals surface area (Å²) < 4.78 is 46.2. The summed E-state index contributed by atoms with van der Waals surface area (Å²) in [6, 6.07) is 6.35. The molecule has 1 saturated carbocycles. The van der Waals surface area contributed by atoms with Crippen LogP contribution in [0.15, 0.2) is 54.2 Å². The van der Waals surface area contributed by atoms with Crippen LogP contribution in [-0.4, -0.2) is 36.6 Å². The molecule has 4 rings (SSSR count). The number of hydrogen-bond donors (Lipinski definition) is 3. The van der Waals surface area contributed by atoms with E-state index in [0.717, 1.165) is 28.7 Å². The molecule has 0 saturated heterocycles. The van der Waals surface area contributed by atoms with Gasteiger partial charge in [0.15, 0.2) is 0 Å². The van der Waals surface area contributed by atoms with Crippen LogP contribution in [0.25, 0.3) is 16.6 Å². The van der Waals surface area contributed by atoms with Gasteiger partial charge in [0, 0.05) is 23.2 Å². The first-order valence-corrected chi connectivity index (χ1v) is 11.0. The number of allylic oxidation sites excluding steroid dienone is 1. The van der Waals surface area contributed by atoms with Gasteiger partial charge in [0.2, 0.25) is 10.0 Å². The minimum Gasteiger partial charge on any atom is -0.535 e. The molecule has 0 bridgehead atoms. The first-order chi connectivity index (χ1) is 14.2. The van der Waals surface area contributed by atoms with Crippen LogP contribution in [0.4, 0.5) is 4.39 Å². The minimum atomic E-state index is -3.72. The largest absolute Gasteiger partial charge is 0.535 e. The number of pyridine rings is 1. The Morgan fingerprint density at radius 1 is 1.33 bits per heavy atom. The Bertz CT molecular complexity index is 1190. The van der Waals surface area contributed by atoms with E-state index in [0.29, 0.717) is 24.2 Å². The topological polar surface area (TPSA) is 104 Å². The van der Waals surface area contributed by atoms with Gasteiger partial charge in [-0.05, 0) is 61.5 Å². The maximum atomic E-state index is 13.1. The van der Waals surface area contributed by atoms with Crippen molar-refractivity contribution in [3.63, 3.8) is 0 Å². The Kier molecular flexibility index (Phi) is 5.39. The highest BCUT2D eigenvalue weighted by Crippen LogP contribution is 2.43. The van der Waals surface area contributed by atoms with Crippen molar-refractivity contribution < 1.29 is 22.5 Å². The fourth-order valence-electron chi connectivity index (χ4n) is 3.70. The smallest absolute Gasteiger partial charge is 0.519 e. The summed E-state index contributed by atoms with van der Waals surface area (Å²) in [5, 5.41) is 10.5. The number of nitrogens with zero attached hydrogens (tertiary/aromatic N) is 1. The van der Waals surface area contributed by atoms with Crippen molar-refractivity contribution in [2.75, 3.05) is 0 Å². The molecule has 0 amide bonds. The molecule has 10 heteroatoms. The van der Waals surface area contributed by atoms with E-state index in [1.807, 2.05) is 6.07 Å². The molecule has 30 heavy (non-hydrogen) atoms. The van der Waals surface area contributed by atoms with Crippen molar-refractivity contribution in [3.05, 3.63) is 60.7 Å². The third-order valence-electron chi connectivity index (χ3n) is 5.25. The number of H-pyrrole nitrogens is 1. The second-order valence-corrected chi connectivity index (χ2v) is 9.13. The highest BCUT2D eigenvalue weighted by Gasteiger charge is 2.36. The Morgan fingerprint density at radius 3 is 2.70 bits per heavy atom. The van der Waals surface area contributed by atoms with E-state index in [4.69, 9.17) is 4.65 Å². The SMILES string of the molecule is C=C(c1c(OB(C)O)cnc2[nH]ccc12)[C@H]1C[C@H](NS(=O)(=O)c2ccc(F)cc2)C1. The van der Waals surface area contributed by atoms with Gasteiger partial charge >= 0.3 is 7.12 Å². The van der Waals surface area contributed by atoms with Crippen molar-refractivity contribution in [1.82, 2.24) is 14.7 Å². The monoisotopic (exact) mass is 429 g/mol. The van der Waals surface area contributed by atoms with E-state index >= 15 is 0 Å². The molecule has 3 N–H and O–H groups in total. The first-order valence-electron chi connectivity index (χ1n) is 9.52. The second-order valence-electron chi connectivity index (χ2n) is 7.42. The average Bonchev–Trinajstić information content (AvgIpc) is 3.12. The summed E-state index contributed by atoms with van der Waals surface area (Å²) in [6.07, 6.45) is 4.45. The lowest BCUT2D eigenvalue weighted by molar-refractivity contribution is 0.310. The van der Waals surface area contributed by atoms with Crippen molar-refractivity contribution in [2.24, 2.45) is 5.92 Å². The predicted molar refractivity (Wildman–Crippen MR) is 113 cm³/mol.